The Balaban J connectivity index is 1.39. The fraction of sp³-hybridized carbons (Fsp3) is 0.182. The summed E-state index contributed by atoms with van der Waals surface area (Å²) in [6.45, 7) is 2.28. The van der Waals surface area contributed by atoms with Gasteiger partial charge in [0.2, 0.25) is 5.91 Å². The Kier molecular flexibility index (Phi) is 7.34. The molecule has 1 aromatic heterocycles. The normalized spacial score (nSPS) is 10.3. The van der Waals surface area contributed by atoms with Crippen molar-refractivity contribution in [3.63, 3.8) is 0 Å². The molecule has 0 saturated carbocycles. The first-order valence-corrected chi connectivity index (χ1v) is 9.76. The molecule has 2 amide bonds. The third kappa shape index (κ3) is 6.02. The van der Waals surface area contributed by atoms with Crippen LogP contribution in [0.3, 0.4) is 0 Å². The van der Waals surface area contributed by atoms with Gasteiger partial charge in [0.05, 0.1) is 12.2 Å². The molecule has 30 heavy (non-hydrogen) atoms. The number of halogens is 1. The molecule has 0 aliphatic heterocycles. The van der Waals surface area contributed by atoms with Crippen LogP contribution in [0.5, 0.6) is 5.75 Å². The molecule has 0 fully saturated rings. The number of carbonyl (C=O) groups is 2. The molecular formula is C22H21ClN4O3. The van der Waals surface area contributed by atoms with Crippen molar-refractivity contribution in [2.24, 2.45) is 0 Å². The third-order valence-corrected chi connectivity index (χ3v) is 4.44. The van der Waals surface area contributed by atoms with Gasteiger partial charge in [-0.1, -0.05) is 41.9 Å². The van der Waals surface area contributed by atoms with E-state index >= 15 is 0 Å². The van der Waals surface area contributed by atoms with Crippen LogP contribution in [0.25, 0.3) is 11.4 Å². The van der Waals surface area contributed by atoms with E-state index in [4.69, 9.17) is 16.3 Å². The van der Waals surface area contributed by atoms with Gasteiger partial charge in [0.15, 0.2) is 5.82 Å². The van der Waals surface area contributed by atoms with Gasteiger partial charge in [0, 0.05) is 29.4 Å². The second kappa shape index (κ2) is 10.4. The Morgan fingerprint density at radius 1 is 1.03 bits per heavy atom. The van der Waals surface area contributed by atoms with Crippen molar-refractivity contribution in [1.29, 1.82) is 0 Å². The minimum atomic E-state index is -0.490. The van der Waals surface area contributed by atoms with Crippen molar-refractivity contribution >= 4 is 23.4 Å². The van der Waals surface area contributed by atoms with Crippen LogP contribution in [0.4, 0.5) is 0 Å². The summed E-state index contributed by atoms with van der Waals surface area (Å²) in [5, 5.41) is 0.648. The van der Waals surface area contributed by atoms with E-state index < -0.39 is 5.91 Å². The van der Waals surface area contributed by atoms with Crippen molar-refractivity contribution in [2.75, 3.05) is 6.61 Å². The number of hydrazine groups is 1. The van der Waals surface area contributed by atoms with E-state index in [2.05, 4.69) is 20.8 Å². The highest BCUT2D eigenvalue weighted by molar-refractivity contribution is 6.30. The van der Waals surface area contributed by atoms with Crippen LogP contribution in [0.2, 0.25) is 5.02 Å². The Morgan fingerprint density at radius 3 is 2.47 bits per heavy atom. The molecule has 0 radical (unpaired) electrons. The molecule has 0 saturated heterocycles. The lowest BCUT2D eigenvalue weighted by atomic mass is 10.2. The van der Waals surface area contributed by atoms with Crippen LogP contribution in [0, 0.1) is 6.92 Å². The number of aromatic nitrogens is 2. The summed E-state index contributed by atoms with van der Waals surface area (Å²) >= 11 is 5.91. The molecule has 2 N–H and O–H groups in total. The molecular weight excluding hydrogens is 404 g/mol. The zero-order valence-corrected chi connectivity index (χ0v) is 17.1. The Hall–Kier alpha value is -3.45. The van der Waals surface area contributed by atoms with Crippen molar-refractivity contribution in [1.82, 2.24) is 20.8 Å². The minimum Gasteiger partial charge on any atom is -0.493 e. The predicted octanol–water partition coefficient (Wildman–Crippen LogP) is 3.73. The van der Waals surface area contributed by atoms with E-state index in [1.54, 1.807) is 12.1 Å². The van der Waals surface area contributed by atoms with Crippen LogP contribution in [-0.4, -0.2) is 28.4 Å². The molecule has 154 valence electrons. The van der Waals surface area contributed by atoms with E-state index in [1.165, 1.54) is 12.4 Å². The molecule has 3 aromatic rings. The molecule has 0 unspecified atom stereocenters. The summed E-state index contributed by atoms with van der Waals surface area (Å²) in [6, 6.07) is 14.8. The lowest BCUT2D eigenvalue weighted by Gasteiger charge is -2.10. The second-order valence-corrected chi connectivity index (χ2v) is 6.96. The number of carbonyl (C=O) groups excluding carboxylic acids is 2. The summed E-state index contributed by atoms with van der Waals surface area (Å²) < 4.78 is 5.64. The molecule has 0 aliphatic carbocycles. The summed E-state index contributed by atoms with van der Waals surface area (Å²) in [5.41, 5.74) is 6.77. The summed E-state index contributed by atoms with van der Waals surface area (Å²) in [4.78, 5) is 32.4. The maximum absolute atomic E-state index is 12.1. The fourth-order valence-electron chi connectivity index (χ4n) is 2.63. The van der Waals surface area contributed by atoms with Gasteiger partial charge in [-0.25, -0.2) is 9.97 Å². The van der Waals surface area contributed by atoms with E-state index in [0.29, 0.717) is 23.9 Å². The van der Waals surface area contributed by atoms with E-state index in [0.717, 1.165) is 16.9 Å². The van der Waals surface area contributed by atoms with Crippen molar-refractivity contribution in [3.05, 3.63) is 77.1 Å². The van der Waals surface area contributed by atoms with Gasteiger partial charge in [-0.05, 0) is 37.1 Å². The van der Waals surface area contributed by atoms with Crippen LogP contribution in [-0.2, 0) is 4.79 Å². The summed E-state index contributed by atoms with van der Waals surface area (Å²) in [7, 11) is 0. The standard InChI is InChI=1S/C22H21ClN4O3/c1-15-12-18(23)9-10-19(15)30-11-5-8-20(28)26-27-22(29)17-13-24-21(25-14-17)16-6-3-2-4-7-16/h2-4,6-7,9-10,12-14H,5,8,11H2,1H3,(H,26,28)(H,27,29). The molecule has 0 bridgehead atoms. The SMILES string of the molecule is Cc1cc(Cl)ccc1OCCCC(=O)NNC(=O)c1cnc(-c2ccccc2)nc1. The zero-order valence-electron chi connectivity index (χ0n) is 16.4. The molecule has 8 heteroatoms. The maximum Gasteiger partial charge on any atom is 0.272 e. The van der Waals surface area contributed by atoms with E-state index in [9.17, 15) is 9.59 Å². The lowest BCUT2D eigenvalue weighted by Crippen LogP contribution is -2.41. The summed E-state index contributed by atoms with van der Waals surface area (Å²) in [6.07, 6.45) is 3.53. The maximum atomic E-state index is 12.1. The molecule has 1 heterocycles. The number of benzene rings is 2. The first-order chi connectivity index (χ1) is 14.5. The van der Waals surface area contributed by atoms with Crippen LogP contribution < -0.4 is 15.6 Å². The van der Waals surface area contributed by atoms with Crippen molar-refractivity contribution in [2.45, 2.75) is 19.8 Å². The zero-order chi connectivity index (χ0) is 21.3. The monoisotopic (exact) mass is 424 g/mol. The van der Waals surface area contributed by atoms with Gasteiger partial charge in [0.25, 0.3) is 5.91 Å². The largest absolute Gasteiger partial charge is 0.493 e. The number of ether oxygens (including phenoxy) is 1. The molecule has 7 nitrogen and oxygen atoms in total. The van der Waals surface area contributed by atoms with Crippen LogP contribution >= 0.6 is 11.6 Å². The van der Waals surface area contributed by atoms with Gasteiger partial charge in [0.1, 0.15) is 5.75 Å². The van der Waals surface area contributed by atoms with Gasteiger partial charge in [-0.15, -0.1) is 0 Å². The third-order valence-electron chi connectivity index (χ3n) is 4.20. The number of nitrogens with one attached hydrogen (secondary N) is 2. The molecule has 2 aromatic carbocycles. The highest BCUT2D eigenvalue weighted by atomic mass is 35.5. The number of amides is 2. The number of rotatable bonds is 7. The first kappa shape index (κ1) is 21.3. The topological polar surface area (TPSA) is 93.2 Å². The molecule has 0 aliphatic rings. The summed E-state index contributed by atoms with van der Waals surface area (Å²) in [5.74, 6) is 0.441. The highest BCUT2D eigenvalue weighted by Crippen LogP contribution is 2.21. The molecule has 0 spiro atoms. The Bertz CT molecular complexity index is 1010. The fourth-order valence-corrected chi connectivity index (χ4v) is 2.86. The Morgan fingerprint density at radius 2 is 1.77 bits per heavy atom. The van der Waals surface area contributed by atoms with Gasteiger partial charge in [-0.3, -0.25) is 20.4 Å². The van der Waals surface area contributed by atoms with Gasteiger partial charge >= 0.3 is 0 Å². The minimum absolute atomic E-state index is 0.205. The molecule has 0 atom stereocenters. The lowest BCUT2D eigenvalue weighted by molar-refractivity contribution is -0.122. The number of nitrogens with zero attached hydrogens (tertiary/aromatic N) is 2. The number of aryl methyl sites for hydroxylation is 1. The van der Waals surface area contributed by atoms with E-state index in [1.807, 2.05) is 43.3 Å². The first-order valence-electron chi connectivity index (χ1n) is 9.38. The number of hydrogen-bond donors (Lipinski definition) is 2. The predicted molar refractivity (Wildman–Crippen MR) is 114 cm³/mol. The average Bonchev–Trinajstić information content (AvgIpc) is 2.77. The van der Waals surface area contributed by atoms with Crippen LogP contribution in [0.1, 0.15) is 28.8 Å². The van der Waals surface area contributed by atoms with Gasteiger partial charge in [-0.2, -0.15) is 0 Å². The van der Waals surface area contributed by atoms with Gasteiger partial charge < -0.3 is 4.74 Å². The molecule has 3 rings (SSSR count). The smallest absolute Gasteiger partial charge is 0.272 e. The number of hydrogen-bond acceptors (Lipinski definition) is 5. The quantitative estimate of drug-likeness (QED) is 0.445. The Labute approximate surface area is 179 Å². The average molecular weight is 425 g/mol. The van der Waals surface area contributed by atoms with Crippen LogP contribution in [0.15, 0.2) is 60.9 Å². The van der Waals surface area contributed by atoms with Crippen molar-refractivity contribution < 1.29 is 14.3 Å². The second-order valence-electron chi connectivity index (χ2n) is 6.53. The van der Waals surface area contributed by atoms with Crippen molar-refractivity contribution in [3.8, 4) is 17.1 Å². The highest BCUT2D eigenvalue weighted by Gasteiger charge is 2.10. The van der Waals surface area contributed by atoms with E-state index in [-0.39, 0.29) is 17.9 Å².